The highest BCUT2D eigenvalue weighted by molar-refractivity contribution is 5.91. The van der Waals surface area contributed by atoms with Crippen LogP contribution in [0.3, 0.4) is 0 Å². The van der Waals surface area contributed by atoms with Crippen LogP contribution in [0.4, 0.5) is 4.39 Å². The van der Waals surface area contributed by atoms with E-state index in [1.807, 2.05) is 0 Å². The van der Waals surface area contributed by atoms with Gasteiger partial charge in [0.2, 0.25) is 0 Å². The number of hydrogen-bond donors (Lipinski definition) is 2. The highest BCUT2D eigenvalue weighted by atomic mass is 19.1. The zero-order valence-corrected chi connectivity index (χ0v) is 11.7. The number of halogens is 1. The van der Waals surface area contributed by atoms with E-state index in [1.165, 1.54) is 24.3 Å². The summed E-state index contributed by atoms with van der Waals surface area (Å²) < 4.78 is 18.0. The summed E-state index contributed by atoms with van der Waals surface area (Å²) in [4.78, 5) is 11.8. The summed E-state index contributed by atoms with van der Waals surface area (Å²) in [5, 5.41) is 12.5. The lowest BCUT2D eigenvalue weighted by molar-refractivity contribution is 0.0734. The van der Waals surface area contributed by atoms with Crippen LogP contribution in [-0.4, -0.2) is 30.4 Å². The van der Waals surface area contributed by atoms with Gasteiger partial charge in [0.1, 0.15) is 11.6 Å². The van der Waals surface area contributed by atoms with E-state index < -0.39 is 11.8 Å². The Morgan fingerprint density at radius 1 is 1.18 bits per heavy atom. The van der Waals surface area contributed by atoms with Gasteiger partial charge in [-0.2, -0.15) is 5.10 Å². The summed E-state index contributed by atoms with van der Waals surface area (Å²) >= 11 is 0. The molecule has 0 unspecified atom stereocenters. The minimum absolute atomic E-state index is 0.00954. The van der Waals surface area contributed by atoms with E-state index in [2.05, 4.69) is 10.5 Å². The molecule has 6 heteroatoms. The van der Waals surface area contributed by atoms with Gasteiger partial charge in [-0.1, -0.05) is 0 Å². The molecule has 2 aromatic carbocycles. The Hall–Kier alpha value is -2.73. The van der Waals surface area contributed by atoms with E-state index in [0.29, 0.717) is 12.3 Å². The topological polar surface area (TPSA) is 70.9 Å². The van der Waals surface area contributed by atoms with Crippen LogP contribution in [0.5, 0.6) is 5.75 Å². The van der Waals surface area contributed by atoms with Gasteiger partial charge in [0.15, 0.2) is 0 Å². The van der Waals surface area contributed by atoms with Gasteiger partial charge in [-0.15, -0.1) is 0 Å². The summed E-state index contributed by atoms with van der Waals surface area (Å²) in [7, 11) is 0. The standard InChI is InChI=1S/C16H15FN2O3/c17-14-5-3-13(4-6-14)16(21)22-15-7-1-12(2-8-15)11-19-18-9-10-20/h1-8,11,18,20H,9-10H2. The largest absolute Gasteiger partial charge is 0.423 e. The lowest BCUT2D eigenvalue weighted by Crippen LogP contribution is -2.11. The number of benzene rings is 2. The minimum Gasteiger partial charge on any atom is -0.423 e. The van der Waals surface area contributed by atoms with Crippen molar-refractivity contribution in [3.05, 3.63) is 65.5 Å². The molecule has 0 spiro atoms. The predicted molar refractivity (Wildman–Crippen MR) is 80.5 cm³/mol. The van der Waals surface area contributed by atoms with E-state index in [9.17, 15) is 9.18 Å². The predicted octanol–water partition coefficient (Wildman–Crippen LogP) is 1.96. The molecular weight excluding hydrogens is 287 g/mol. The van der Waals surface area contributed by atoms with Crippen LogP contribution in [0.1, 0.15) is 15.9 Å². The van der Waals surface area contributed by atoms with E-state index in [-0.39, 0.29) is 12.2 Å². The SMILES string of the molecule is O=C(Oc1ccc(C=NNCCO)cc1)c1ccc(F)cc1. The monoisotopic (exact) mass is 302 g/mol. The van der Waals surface area contributed by atoms with E-state index in [0.717, 1.165) is 5.56 Å². The molecule has 0 aromatic heterocycles. The van der Waals surface area contributed by atoms with Gasteiger partial charge < -0.3 is 15.3 Å². The highest BCUT2D eigenvalue weighted by Gasteiger charge is 2.08. The Bertz CT molecular complexity index is 639. The number of carbonyl (C=O) groups is 1. The van der Waals surface area contributed by atoms with Crippen molar-refractivity contribution in [3.8, 4) is 5.75 Å². The quantitative estimate of drug-likeness (QED) is 0.281. The maximum atomic E-state index is 12.8. The second kappa shape index (κ2) is 7.90. The number of esters is 1. The summed E-state index contributed by atoms with van der Waals surface area (Å²) in [5.41, 5.74) is 3.75. The van der Waals surface area contributed by atoms with Crippen molar-refractivity contribution in [2.24, 2.45) is 5.10 Å². The van der Waals surface area contributed by atoms with Crippen LogP contribution in [-0.2, 0) is 0 Å². The summed E-state index contributed by atoms with van der Waals surface area (Å²) in [6.07, 6.45) is 1.58. The first kappa shape index (κ1) is 15.7. The Labute approximate surface area is 127 Å². The molecule has 5 nitrogen and oxygen atoms in total. The molecule has 0 saturated heterocycles. The lowest BCUT2D eigenvalue weighted by Gasteiger charge is -2.04. The molecule has 0 bridgehead atoms. The first-order valence-corrected chi connectivity index (χ1v) is 6.63. The minimum atomic E-state index is -0.550. The molecule has 0 heterocycles. The van der Waals surface area contributed by atoms with Gasteiger partial charge in [0.05, 0.1) is 24.9 Å². The van der Waals surface area contributed by atoms with E-state index in [4.69, 9.17) is 9.84 Å². The fourth-order valence-electron chi connectivity index (χ4n) is 1.61. The summed E-state index contributed by atoms with van der Waals surface area (Å²) in [6.45, 7) is 0.388. The third kappa shape index (κ3) is 4.68. The second-order valence-corrected chi connectivity index (χ2v) is 4.36. The molecule has 0 atom stereocenters. The molecule has 114 valence electrons. The van der Waals surface area contributed by atoms with Crippen LogP contribution in [0.25, 0.3) is 0 Å². The van der Waals surface area contributed by atoms with Gasteiger partial charge in [-0.3, -0.25) is 0 Å². The van der Waals surface area contributed by atoms with Gasteiger partial charge in [-0.05, 0) is 54.1 Å². The van der Waals surface area contributed by atoms with E-state index >= 15 is 0 Å². The number of nitrogens with one attached hydrogen (secondary N) is 1. The number of carbonyl (C=O) groups excluding carboxylic acids is 1. The van der Waals surface area contributed by atoms with Gasteiger partial charge in [-0.25, -0.2) is 9.18 Å². The fourth-order valence-corrected chi connectivity index (χ4v) is 1.61. The number of aliphatic hydroxyl groups excluding tert-OH is 1. The van der Waals surface area contributed by atoms with Gasteiger partial charge >= 0.3 is 5.97 Å². The third-order valence-corrected chi connectivity index (χ3v) is 2.70. The van der Waals surface area contributed by atoms with Gasteiger partial charge in [0.25, 0.3) is 0 Å². The van der Waals surface area contributed by atoms with Crippen molar-refractivity contribution in [3.63, 3.8) is 0 Å². The Balaban J connectivity index is 1.94. The smallest absolute Gasteiger partial charge is 0.343 e. The maximum absolute atomic E-state index is 12.8. The molecule has 0 amide bonds. The zero-order valence-electron chi connectivity index (χ0n) is 11.7. The summed E-state index contributed by atoms with van der Waals surface area (Å²) in [6, 6.07) is 11.9. The van der Waals surface area contributed by atoms with Crippen molar-refractivity contribution in [2.45, 2.75) is 0 Å². The fraction of sp³-hybridized carbons (Fsp3) is 0.125. The molecule has 2 aromatic rings. The maximum Gasteiger partial charge on any atom is 0.343 e. The normalized spacial score (nSPS) is 10.6. The average Bonchev–Trinajstić information content (AvgIpc) is 2.54. The van der Waals surface area contributed by atoms with Crippen LogP contribution < -0.4 is 10.2 Å². The number of rotatable bonds is 6. The molecule has 2 N–H and O–H groups in total. The Morgan fingerprint density at radius 3 is 2.50 bits per heavy atom. The van der Waals surface area contributed by atoms with Crippen molar-refractivity contribution in [2.75, 3.05) is 13.2 Å². The molecule has 0 radical (unpaired) electrons. The van der Waals surface area contributed by atoms with Crippen LogP contribution in [0.2, 0.25) is 0 Å². The lowest BCUT2D eigenvalue weighted by atomic mass is 10.2. The number of nitrogens with zero attached hydrogens (tertiary/aromatic N) is 1. The molecule has 2 rings (SSSR count). The molecule has 0 aliphatic carbocycles. The molecular formula is C16H15FN2O3. The van der Waals surface area contributed by atoms with Crippen LogP contribution in [0, 0.1) is 5.82 Å². The molecule has 22 heavy (non-hydrogen) atoms. The van der Waals surface area contributed by atoms with Crippen molar-refractivity contribution < 1.29 is 19.0 Å². The molecule has 0 fully saturated rings. The third-order valence-electron chi connectivity index (χ3n) is 2.70. The number of hydrogen-bond acceptors (Lipinski definition) is 5. The first-order chi connectivity index (χ1) is 10.7. The number of ether oxygens (including phenoxy) is 1. The second-order valence-electron chi connectivity index (χ2n) is 4.36. The molecule has 0 aliphatic rings. The van der Waals surface area contributed by atoms with E-state index in [1.54, 1.807) is 30.5 Å². The van der Waals surface area contributed by atoms with Crippen molar-refractivity contribution in [1.29, 1.82) is 0 Å². The zero-order chi connectivity index (χ0) is 15.8. The first-order valence-electron chi connectivity index (χ1n) is 6.63. The average molecular weight is 302 g/mol. The van der Waals surface area contributed by atoms with Crippen molar-refractivity contribution in [1.82, 2.24) is 5.43 Å². The van der Waals surface area contributed by atoms with Crippen LogP contribution in [0.15, 0.2) is 53.6 Å². The number of aliphatic hydroxyl groups is 1. The van der Waals surface area contributed by atoms with Crippen LogP contribution >= 0.6 is 0 Å². The van der Waals surface area contributed by atoms with Gasteiger partial charge in [0, 0.05) is 0 Å². The Morgan fingerprint density at radius 2 is 1.86 bits per heavy atom. The summed E-state index contributed by atoms with van der Waals surface area (Å²) in [5.74, 6) is -0.573. The highest BCUT2D eigenvalue weighted by Crippen LogP contribution is 2.14. The van der Waals surface area contributed by atoms with Crippen molar-refractivity contribution >= 4 is 12.2 Å². The number of hydrazone groups is 1. The molecule has 0 aliphatic heterocycles. The Kier molecular flexibility index (Phi) is 5.62. The molecule has 0 saturated carbocycles.